The van der Waals surface area contributed by atoms with Crippen LogP contribution in [-0.4, -0.2) is 28.8 Å². The zero-order valence-corrected chi connectivity index (χ0v) is 19.3. The molecule has 2 N–H and O–H groups in total. The van der Waals surface area contributed by atoms with Crippen molar-refractivity contribution in [3.63, 3.8) is 0 Å². The minimum Gasteiger partial charge on any atom is -0.493 e. The summed E-state index contributed by atoms with van der Waals surface area (Å²) in [6, 6.07) is 13.1. The van der Waals surface area contributed by atoms with Crippen molar-refractivity contribution in [2.75, 3.05) is 6.61 Å². The second-order valence-electron chi connectivity index (χ2n) is 8.37. The van der Waals surface area contributed by atoms with Crippen LogP contribution in [0.4, 0.5) is 0 Å². The molecule has 2 aromatic rings. The number of halogens is 2. The molecule has 3 atom stereocenters. The van der Waals surface area contributed by atoms with Crippen LogP contribution in [0, 0.1) is 0 Å². The monoisotopic (exact) mass is 449 g/mol. The molecule has 1 saturated carbocycles. The van der Waals surface area contributed by atoms with Crippen LogP contribution < -0.4 is 15.4 Å². The van der Waals surface area contributed by atoms with Crippen LogP contribution in [0.2, 0.25) is 0 Å². The number of nitrogens with one attached hydrogen (secondary N) is 2. The molecule has 1 heterocycles. The van der Waals surface area contributed by atoms with Crippen LogP contribution in [-0.2, 0) is 0 Å². The Morgan fingerprint density at radius 2 is 1.57 bits per heavy atom. The lowest BCUT2D eigenvalue weighted by atomic mass is 9.97. The third-order valence-corrected chi connectivity index (χ3v) is 7.01. The summed E-state index contributed by atoms with van der Waals surface area (Å²) < 4.78 is 5.89. The molecule has 0 amide bonds. The second-order valence-corrected chi connectivity index (χ2v) is 9.22. The molecule has 0 bridgehead atoms. The Hall–Kier alpha value is -1.04. The van der Waals surface area contributed by atoms with E-state index in [-0.39, 0.29) is 17.4 Å². The van der Waals surface area contributed by atoms with E-state index in [1.54, 1.807) is 0 Å². The minimum absolute atomic E-state index is 0.0532. The van der Waals surface area contributed by atoms with Gasteiger partial charge in [0.25, 0.3) is 0 Å². The molecule has 2 aromatic carbocycles. The van der Waals surface area contributed by atoms with Gasteiger partial charge in [0.15, 0.2) is 0 Å². The van der Waals surface area contributed by atoms with Gasteiger partial charge in [0, 0.05) is 11.4 Å². The van der Waals surface area contributed by atoms with Crippen LogP contribution >= 0.6 is 23.2 Å². The number of rotatable bonds is 4. The maximum absolute atomic E-state index is 6.89. The summed E-state index contributed by atoms with van der Waals surface area (Å²) >= 11 is 13.4. The third-order valence-electron chi connectivity index (χ3n) is 6.41. The summed E-state index contributed by atoms with van der Waals surface area (Å²) in [5, 5.41) is 9.15. The fraction of sp³-hybridized carbons (Fsp3) is 0.583. The average molecular weight is 450 g/mol. The van der Waals surface area contributed by atoms with Gasteiger partial charge in [-0.15, -0.1) is 0 Å². The van der Waals surface area contributed by atoms with E-state index in [2.05, 4.69) is 51.9 Å². The average Bonchev–Trinajstić information content (AvgIpc) is 2.88. The topological polar surface area (TPSA) is 36.5 Å². The maximum Gasteiger partial charge on any atom is 0.141 e. The Labute approximate surface area is 190 Å². The summed E-state index contributed by atoms with van der Waals surface area (Å²) in [5.74, 6) is 0.921. The molecule has 0 aromatic heterocycles. The molecule has 0 radical (unpaired) electrons. The van der Waals surface area contributed by atoms with Crippen molar-refractivity contribution in [1.29, 1.82) is 0 Å². The quantitative estimate of drug-likeness (QED) is 0.425. The van der Waals surface area contributed by atoms with E-state index in [1.165, 1.54) is 62.3 Å². The van der Waals surface area contributed by atoms with E-state index >= 15 is 0 Å². The van der Waals surface area contributed by atoms with Crippen LogP contribution in [0.5, 0.6) is 5.75 Å². The third kappa shape index (κ3) is 4.89. The van der Waals surface area contributed by atoms with E-state index in [0.717, 1.165) is 11.1 Å². The lowest BCUT2D eigenvalue weighted by molar-refractivity contribution is 0.0274. The number of hydrogen-bond donors (Lipinski definition) is 2. The van der Waals surface area contributed by atoms with Gasteiger partial charge in [-0.25, -0.2) is 0 Å². The van der Waals surface area contributed by atoms with Crippen molar-refractivity contribution in [3.05, 3.63) is 42.0 Å². The van der Waals surface area contributed by atoms with Gasteiger partial charge in [0.2, 0.25) is 0 Å². The van der Waals surface area contributed by atoms with Crippen molar-refractivity contribution in [3.8, 4) is 5.75 Å². The minimum atomic E-state index is -0.379. The van der Waals surface area contributed by atoms with E-state index in [1.807, 2.05) is 6.92 Å². The molecule has 30 heavy (non-hydrogen) atoms. The molecule has 1 aliphatic heterocycles. The summed E-state index contributed by atoms with van der Waals surface area (Å²) in [4.78, 5) is 2.41. The molecule has 164 valence electrons. The smallest absolute Gasteiger partial charge is 0.141 e. The van der Waals surface area contributed by atoms with Gasteiger partial charge in [-0.05, 0) is 36.8 Å². The standard InChI is InChI=1S/C24H33Cl2N3O/c1-2-30-21-16-15-20(18-13-9-10-14-19(18)21)22-27-23(25)28-24(26)29(22)17-11-7-5-3-4-6-8-12-17/h9-10,13-17,22-24,27-28H,2-8,11-12H2,1H3. The highest BCUT2D eigenvalue weighted by molar-refractivity contribution is 6.23. The Bertz CT molecular complexity index is 823. The van der Waals surface area contributed by atoms with E-state index in [0.29, 0.717) is 12.6 Å². The highest BCUT2D eigenvalue weighted by Crippen LogP contribution is 2.38. The zero-order valence-electron chi connectivity index (χ0n) is 17.7. The lowest BCUT2D eigenvalue weighted by Gasteiger charge is -2.47. The van der Waals surface area contributed by atoms with Crippen molar-refractivity contribution in [2.45, 2.75) is 81.7 Å². The summed E-state index contributed by atoms with van der Waals surface area (Å²) in [6.45, 7) is 2.67. The molecule has 4 rings (SSSR count). The maximum atomic E-state index is 6.89. The van der Waals surface area contributed by atoms with E-state index in [9.17, 15) is 0 Å². The molecule has 1 aliphatic carbocycles. The normalized spacial score (nSPS) is 27.4. The number of nitrogens with zero attached hydrogens (tertiary/aromatic N) is 1. The first-order valence-electron chi connectivity index (χ1n) is 11.4. The van der Waals surface area contributed by atoms with Crippen molar-refractivity contribution in [1.82, 2.24) is 15.5 Å². The fourth-order valence-corrected chi connectivity index (χ4v) is 5.68. The fourth-order valence-electron chi connectivity index (χ4n) is 4.98. The molecule has 2 fully saturated rings. The first kappa shape index (κ1) is 22.2. The zero-order chi connectivity index (χ0) is 20.9. The number of fused-ring (bicyclic) bond motifs is 1. The van der Waals surface area contributed by atoms with Gasteiger partial charge in [0.1, 0.15) is 17.0 Å². The van der Waals surface area contributed by atoms with Crippen LogP contribution in [0.3, 0.4) is 0 Å². The predicted octanol–water partition coefficient (Wildman–Crippen LogP) is 6.28. The first-order chi connectivity index (χ1) is 14.7. The molecule has 3 unspecified atom stereocenters. The van der Waals surface area contributed by atoms with Crippen molar-refractivity contribution in [2.24, 2.45) is 0 Å². The second kappa shape index (κ2) is 10.5. The molecule has 4 nitrogen and oxygen atoms in total. The van der Waals surface area contributed by atoms with Gasteiger partial charge >= 0.3 is 0 Å². The van der Waals surface area contributed by atoms with Crippen molar-refractivity contribution >= 4 is 34.0 Å². The number of hydrogen-bond acceptors (Lipinski definition) is 4. The first-order valence-corrected chi connectivity index (χ1v) is 12.3. The number of benzene rings is 2. The van der Waals surface area contributed by atoms with Gasteiger partial charge in [0.05, 0.1) is 12.8 Å². The molecular formula is C24H33Cl2N3O. The highest BCUT2D eigenvalue weighted by atomic mass is 35.5. The largest absolute Gasteiger partial charge is 0.493 e. The predicted molar refractivity (Wildman–Crippen MR) is 126 cm³/mol. The molecule has 1 saturated heterocycles. The van der Waals surface area contributed by atoms with Crippen LogP contribution in [0.15, 0.2) is 36.4 Å². The van der Waals surface area contributed by atoms with Crippen molar-refractivity contribution < 1.29 is 4.74 Å². The highest BCUT2D eigenvalue weighted by Gasteiger charge is 2.38. The Kier molecular flexibility index (Phi) is 7.77. The van der Waals surface area contributed by atoms with Gasteiger partial charge in [-0.1, -0.05) is 92.1 Å². The molecule has 0 spiro atoms. The Morgan fingerprint density at radius 3 is 2.27 bits per heavy atom. The lowest BCUT2D eigenvalue weighted by Crippen LogP contribution is -2.63. The number of ether oxygens (including phenoxy) is 1. The van der Waals surface area contributed by atoms with Gasteiger partial charge in [-0.2, -0.15) is 0 Å². The molecular weight excluding hydrogens is 417 g/mol. The summed E-state index contributed by atoms with van der Waals surface area (Å²) in [6.07, 6.45) is 10.1. The SMILES string of the molecule is CCOc1ccc(C2NC(Cl)NC(Cl)N2C2CCCCCCCC2)c2ccccc12. The summed E-state index contributed by atoms with van der Waals surface area (Å²) in [7, 11) is 0. The Balaban J connectivity index is 1.73. The van der Waals surface area contributed by atoms with E-state index < -0.39 is 0 Å². The summed E-state index contributed by atoms with van der Waals surface area (Å²) in [5.41, 5.74) is 0.511. The molecule has 2 aliphatic rings. The Morgan fingerprint density at radius 1 is 0.900 bits per heavy atom. The van der Waals surface area contributed by atoms with E-state index in [4.69, 9.17) is 27.9 Å². The van der Waals surface area contributed by atoms with Gasteiger partial charge in [-0.3, -0.25) is 15.5 Å². The van der Waals surface area contributed by atoms with Gasteiger partial charge < -0.3 is 4.74 Å². The molecule has 6 heteroatoms. The van der Waals surface area contributed by atoms with Crippen LogP contribution in [0.25, 0.3) is 10.8 Å². The van der Waals surface area contributed by atoms with Crippen LogP contribution in [0.1, 0.15) is 70.0 Å². The number of alkyl halides is 2.